The van der Waals surface area contributed by atoms with Crippen LogP contribution in [0.25, 0.3) is 0 Å². The summed E-state index contributed by atoms with van der Waals surface area (Å²) >= 11 is 5.78. The van der Waals surface area contributed by atoms with Crippen LogP contribution in [-0.4, -0.2) is 29.7 Å². The number of nitro groups is 1. The number of ether oxygens (including phenoxy) is 1. The highest BCUT2D eigenvalue weighted by Crippen LogP contribution is 2.29. The summed E-state index contributed by atoms with van der Waals surface area (Å²) in [6, 6.07) is 4.38. The van der Waals surface area contributed by atoms with Gasteiger partial charge in [-0.3, -0.25) is 10.1 Å². The monoisotopic (exact) mass is 329 g/mol. The number of nitro benzene ring substituents is 1. The number of nitrogens with one attached hydrogen (secondary N) is 1. The van der Waals surface area contributed by atoms with E-state index in [0.29, 0.717) is 5.56 Å². The Morgan fingerprint density at radius 2 is 2.14 bits per heavy atom. The fourth-order valence-electron chi connectivity index (χ4n) is 1.86. The quantitative estimate of drug-likeness (QED) is 0.638. The highest BCUT2D eigenvalue weighted by atomic mass is 35.5. The molecule has 0 aliphatic heterocycles. The lowest BCUT2D eigenvalue weighted by Gasteiger charge is -2.21. The molecule has 0 aliphatic rings. The lowest BCUT2D eigenvalue weighted by molar-refractivity contribution is -0.385. The fraction of sp³-hybridized carbons (Fsp3) is 0.500. The molecule has 1 atom stereocenters. The van der Waals surface area contributed by atoms with Crippen molar-refractivity contribution in [2.45, 2.75) is 32.3 Å². The molecule has 0 radical (unpaired) electrons. The summed E-state index contributed by atoms with van der Waals surface area (Å²) in [5.74, 6) is -0.412. The molecule has 1 amide bonds. The summed E-state index contributed by atoms with van der Waals surface area (Å²) in [6.45, 7) is 5.51. The van der Waals surface area contributed by atoms with Gasteiger partial charge in [-0.1, -0.05) is 17.7 Å². The summed E-state index contributed by atoms with van der Waals surface area (Å²) in [6.07, 6.45) is -0.595. The molecule has 0 heterocycles. The maximum Gasteiger partial charge on any atom is 0.407 e. The normalized spacial score (nSPS) is 12.6. The minimum absolute atomic E-state index is 0.117. The van der Waals surface area contributed by atoms with Crippen LogP contribution in [0, 0.1) is 10.1 Å². The first-order valence-corrected chi connectivity index (χ1v) is 7.12. The molecule has 22 heavy (non-hydrogen) atoms. The van der Waals surface area contributed by atoms with Crippen molar-refractivity contribution in [3.63, 3.8) is 0 Å². The third kappa shape index (κ3) is 5.50. The third-order valence-corrected chi connectivity index (χ3v) is 3.04. The van der Waals surface area contributed by atoms with Gasteiger partial charge in [-0.2, -0.15) is 0 Å². The van der Waals surface area contributed by atoms with Crippen molar-refractivity contribution < 1.29 is 14.5 Å². The van der Waals surface area contributed by atoms with Crippen LogP contribution >= 0.6 is 11.6 Å². The molecule has 1 aromatic rings. The number of alkyl carbamates (subject to hydrolysis) is 1. The van der Waals surface area contributed by atoms with E-state index in [1.807, 2.05) is 0 Å². The summed E-state index contributed by atoms with van der Waals surface area (Å²) in [5.41, 5.74) is 5.37. The van der Waals surface area contributed by atoms with Crippen molar-refractivity contribution in [1.82, 2.24) is 5.32 Å². The second-order valence-corrected chi connectivity index (χ2v) is 6.21. The second kappa shape index (κ2) is 7.42. The molecule has 0 aliphatic carbocycles. The Labute approximate surface area is 133 Å². The van der Waals surface area contributed by atoms with Crippen LogP contribution in [0.2, 0.25) is 5.02 Å². The van der Waals surface area contributed by atoms with Crippen molar-refractivity contribution in [2.75, 3.05) is 13.1 Å². The number of halogens is 1. The molecule has 8 heteroatoms. The van der Waals surface area contributed by atoms with Crippen LogP contribution in [-0.2, 0) is 4.74 Å². The van der Waals surface area contributed by atoms with Gasteiger partial charge in [0.2, 0.25) is 0 Å². The molecule has 122 valence electrons. The zero-order chi connectivity index (χ0) is 16.9. The van der Waals surface area contributed by atoms with Crippen molar-refractivity contribution in [3.8, 4) is 0 Å². The molecule has 0 bridgehead atoms. The van der Waals surface area contributed by atoms with Crippen LogP contribution in [0.15, 0.2) is 18.2 Å². The molecule has 0 saturated heterocycles. The predicted molar refractivity (Wildman–Crippen MR) is 84.1 cm³/mol. The van der Waals surface area contributed by atoms with E-state index in [2.05, 4.69) is 5.32 Å². The van der Waals surface area contributed by atoms with E-state index in [0.717, 1.165) is 0 Å². The van der Waals surface area contributed by atoms with Crippen LogP contribution < -0.4 is 11.1 Å². The minimum atomic E-state index is -0.617. The Morgan fingerprint density at radius 1 is 1.50 bits per heavy atom. The first kappa shape index (κ1) is 18.2. The summed E-state index contributed by atoms with van der Waals surface area (Å²) < 4.78 is 5.12. The number of carbonyl (C=O) groups is 1. The number of carbonyl (C=O) groups excluding carboxylic acids is 1. The number of hydrogen-bond donors (Lipinski definition) is 2. The summed E-state index contributed by atoms with van der Waals surface area (Å²) in [5, 5.41) is 14.0. The molecular weight excluding hydrogens is 310 g/mol. The summed E-state index contributed by atoms with van der Waals surface area (Å²) in [7, 11) is 0. The second-order valence-electron chi connectivity index (χ2n) is 5.78. The smallest absolute Gasteiger partial charge is 0.407 e. The van der Waals surface area contributed by atoms with Gasteiger partial charge in [-0.05, 0) is 26.8 Å². The van der Waals surface area contributed by atoms with E-state index >= 15 is 0 Å². The number of nitrogens with zero attached hydrogens (tertiary/aromatic N) is 1. The van der Waals surface area contributed by atoms with Crippen LogP contribution in [0.3, 0.4) is 0 Å². The third-order valence-electron chi connectivity index (χ3n) is 2.81. The molecular formula is C14H20ClN3O4. The highest BCUT2D eigenvalue weighted by Gasteiger charge is 2.23. The molecule has 7 nitrogen and oxygen atoms in total. The van der Waals surface area contributed by atoms with Gasteiger partial charge >= 0.3 is 6.09 Å². The van der Waals surface area contributed by atoms with Crippen molar-refractivity contribution in [1.29, 1.82) is 0 Å². The van der Waals surface area contributed by atoms with E-state index in [1.54, 1.807) is 32.9 Å². The molecule has 0 fully saturated rings. The van der Waals surface area contributed by atoms with Crippen molar-refractivity contribution >= 4 is 23.4 Å². The van der Waals surface area contributed by atoms with E-state index < -0.39 is 22.5 Å². The molecule has 1 unspecified atom stereocenters. The number of hydrogen-bond acceptors (Lipinski definition) is 5. The Hall–Kier alpha value is -1.86. The van der Waals surface area contributed by atoms with Gasteiger partial charge in [0.15, 0.2) is 0 Å². The van der Waals surface area contributed by atoms with E-state index in [1.165, 1.54) is 6.07 Å². The topological polar surface area (TPSA) is 107 Å². The Bertz CT molecular complexity index is 558. The number of nitrogens with two attached hydrogens (primary N) is 1. The SMILES string of the molecule is CC(C)(C)OC(=O)NCC(CN)c1ccc(Cl)cc1[N+](=O)[O-]. The fourth-order valence-corrected chi connectivity index (χ4v) is 2.03. The zero-order valence-corrected chi connectivity index (χ0v) is 13.5. The van der Waals surface area contributed by atoms with E-state index in [4.69, 9.17) is 22.1 Å². The Balaban J connectivity index is 2.85. The maximum atomic E-state index is 11.7. The van der Waals surface area contributed by atoms with Gasteiger partial charge in [-0.25, -0.2) is 4.79 Å². The first-order chi connectivity index (χ1) is 10.1. The average Bonchev–Trinajstić information content (AvgIpc) is 2.38. The van der Waals surface area contributed by atoms with Gasteiger partial charge in [0.25, 0.3) is 5.69 Å². The molecule has 0 aromatic heterocycles. The number of amides is 1. The highest BCUT2D eigenvalue weighted by molar-refractivity contribution is 6.30. The molecule has 1 rings (SSSR count). The lowest BCUT2D eigenvalue weighted by Crippen LogP contribution is -2.36. The standard InChI is InChI=1S/C14H20ClN3O4/c1-14(2,3)22-13(19)17-8-9(7-16)11-5-4-10(15)6-12(11)18(20)21/h4-6,9H,7-8,16H2,1-3H3,(H,17,19). The van der Waals surface area contributed by atoms with Gasteiger partial charge in [0.1, 0.15) is 5.60 Å². The van der Waals surface area contributed by atoms with E-state index in [-0.39, 0.29) is 23.8 Å². The van der Waals surface area contributed by atoms with Gasteiger partial charge in [0, 0.05) is 35.7 Å². The van der Waals surface area contributed by atoms with Crippen molar-refractivity contribution in [3.05, 3.63) is 38.9 Å². The lowest BCUT2D eigenvalue weighted by atomic mass is 9.97. The van der Waals surface area contributed by atoms with Gasteiger partial charge in [-0.15, -0.1) is 0 Å². The zero-order valence-electron chi connectivity index (χ0n) is 12.8. The van der Waals surface area contributed by atoms with Gasteiger partial charge < -0.3 is 15.8 Å². The Morgan fingerprint density at radius 3 is 2.64 bits per heavy atom. The molecule has 0 saturated carbocycles. The number of benzene rings is 1. The molecule has 0 spiro atoms. The van der Waals surface area contributed by atoms with Crippen LogP contribution in [0.4, 0.5) is 10.5 Å². The van der Waals surface area contributed by atoms with Gasteiger partial charge in [0.05, 0.1) is 4.92 Å². The first-order valence-electron chi connectivity index (χ1n) is 6.75. The van der Waals surface area contributed by atoms with Crippen LogP contribution in [0.5, 0.6) is 0 Å². The van der Waals surface area contributed by atoms with Crippen LogP contribution in [0.1, 0.15) is 32.3 Å². The molecule has 3 N–H and O–H groups in total. The van der Waals surface area contributed by atoms with E-state index in [9.17, 15) is 14.9 Å². The predicted octanol–water partition coefficient (Wildman–Crippen LogP) is 2.82. The molecule has 1 aromatic carbocycles. The largest absolute Gasteiger partial charge is 0.444 e. The Kier molecular flexibility index (Phi) is 6.13. The number of rotatable bonds is 5. The van der Waals surface area contributed by atoms with Crippen molar-refractivity contribution in [2.24, 2.45) is 5.73 Å². The minimum Gasteiger partial charge on any atom is -0.444 e. The summed E-state index contributed by atoms with van der Waals surface area (Å²) in [4.78, 5) is 22.3. The maximum absolute atomic E-state index is 11.7. The average molecular weight is 330 g/mol.